The van der Waals surface area contributed by atoms with E-state index in [1.807, 2.05) is 6.92 Å². The van der Waals surface area contributed by atoms with E-state index in [1.54, 1.807) is 0 Å². The normalized spacial score (nSPS) is 14.4. The van der Waals surface area contributed by atoms with E-state index in [4.69, 9.17) is 9.47 Å². The van der Waals surface area contributed by atoms with E-state index in [9.17, 15) is 0 Å². The first-order chi connectivity index (χ1) is 6.45. The monoisotopic (exact) mass is 203 g/mol. The van der Waals surface area contributed by atoms with Crippen molar-refractivity contribution in [1.82, 2.24) is 5.32 Å². The Labute approximate surface area is 88.2 Å². The second-order valence-electron chi connectivity index (χ2n) is 4.48. The Kier molecular flexibility index (Phi) is 7.15. The summed E-state index contributed by atoms with van der Waals surface area (Å²) in [7, 11) is 0. The van der Waals surface area contributed by atoms with Crippen molar-refractivity contribution in [3.63, 3.8) is 0 Å². The van der Waals surface area contributed by atoms with Gasteiger partial charge in [-0.2, -0.15) is 0 Å². The van der Waals surface area contributed by atoms with Gasteiger partial charge in [0.1, 0.15) is 0 Å². The van der Waals surface area contributed by atoms with Gasteiger partial charge in [-0.1, -0.05) is 0 Å². The zero-order chi connectivity index (χ0) is 11.0. The maximum absolute atomic E-state index is 5.58. The van der Waals surface area contributed by atoms with Crippen LogP contribution in [0.5, 0.6) is 0 Å². The summed E-state index contributed by atoms with van der Waals surface area (Å²) in [5.41, 5.74) is -0.0369. The standard InChI is InChI=1S/C11H25NO2/c1-6-13-9-10(2)12-7-8-14-11(3,4)5/h10,12H,6-9H2,1-5H3. The van der Waals surface area contributed by atoms with Gasteiger partial charge in [-0.15, -0.1) is 0 Å². The third-order valence-electron chi connectivity index (χ3n) is 1.70. The molecule has 0 bridgehead atoms. The minimum Gasteiger partial charge on any atom is -0.380 e. The summed E-state index contributed by atoms with van der Waals surface area (Å²) in [6, 6.07) is 0.401. The van der Waals surface area contributed by atoms with E-state index in [-0.39, 0.29) is 5.60 Å². The Balaban J connectivity index is 3.27. The lowest BCUT2D eigenvalue weighted by atomic mass is 10.2. The first kappa shape index (κ1) is 13.9. The summed E-state index contributed by atoms with van der Waals surface area (Å²) >= 11 is 0. The van der Waals surface area contributed by atoms with Crippen molar-refractivity contribution >= 4 is 0 Å². The molecular formula is C11H25NO2. The molecule has 86 valence electrons. The predicted molar refractivity (Wildman–Crippen MR) is 59.7 cm³/mol. The molecule has 0 amide bonds. The smallest absolute Gasteiger partial charge is 0.0616 e. The van der Waals surface area contributed by atoms with Gasteiger partial charge < -0.3 is 14.8 Å². The van der Waals surface area contributed by atoms with E-state index in [0.29, 0.717) is 6.04 Å². The molecule has 1 unspecified atom stereocenters. The third kappa shape index (κ3) is 9.96. The van der Waals surface area contributed by atoms with E-state index in [2.05, 4.69) is 33.0 Å². The fourth-order valence-corrected chi connectivity index (χ4v) is 1.02. The van der Waals surface area contributed by atoms with Crippen molar-refractivity contribution in [3.8, 4) is 0 Å². The molecule has 1 atom stereocenters. The molecular weight excluding hydrogens is 178 g/mol. The molecule has 14 heavy (non-hydrogen) atoms. The molecule has 0 radical (unpaired) electrons. The summed E-state index contributed by atoms with van der Waals surface area (Å²) in [6.45, 7) is 13.5. The van der Waals surface area contributed by atoms with Crippen LogP contribution in [0.1, 0.15) is 34.6 Å². The molecule has 0 heterocycles. The van der Waals surface area contributed by atoms with Crippen LogP contribution in [0.15, 0.2) is 0 Å². The highest BCUT2D eigenvalue weighted by atomic mass is 16.5. The summed E-state index contributed by atoms with van der Waals surface area (Å²) in [6.07, 6.45) is 0. The summed E-state index contributed by atoms with van der Waals surface area (Å²) in [5.74, 6) is 0. The fraction of sp³-hybridized carbons (Fsp3) is 1.00. The lowest BCUT2D eigenvalue weighted by Crippen LogP contribution is -2.34. The minimum absolute atomic E-state index is 0.0369. The number of nitrogens with one attached hydrogen (secondary N) is 1. The predicted octanol–water partition coefficient (Wildman–Crippen LogP) is 1.82. The van der Waals surface area contributed by atoms with Crippen LogP contribution in [0, 0.1) is 0 Å². The molecule has 3 heteroatoms. The molecule has 0 saturated carbocycles. The van der Waals surface area contributed by atoms with Gasteiger partial charge in [-0.3, -0.25) is 0 Å². The molecule has 3 nitrogen and oxygen atoms in total. The van der Waals surface area contributed by atoms with Crippen LogP contribution >= 0.6 is 0 Å². The van der Waals surface area contributed by atoms with Gasteiger partial charge in [0.25, 0.3) is 0 Å². The summed E-state index contributed by atoms with van der Waals surface area (Å²) in [5, 5.41) is 3.34. The second-order valence-corrected chi connectivity index (χ2v) is 4.48. The second kappa shape index (κ2) is 7.21. The zero-order valence-electron chi connectivity index (χ0n) is 10.2. The highest BCUT2D eigenvalue weighted by Crippen LogP contribution is 2.05. The molecule has 0 saturated heterocycles. The number of hydrogen-bond donors (Lipinski definition) is 1. The Morgan fingerprint density at radius 3 is 2.43 bits per heavy atom. The molecule has 0 rings (SSSR count). The average Bonchev–Trinajstić information content (AvgIpc) is 2.07. The van der Waals surface area contributed by atoms with Crippen LogP contribution in [0.2, 0.25) is 0 Å². The zero-order valence-corrected chi connectivity index (χ0v) is 10.2. The largest absolute Gasteiger partial charge is 0.380 e. The summed E-state index contributed by atoms with van der Waals surface area (Å²) < 4.78 is 10.9. The molecule has 0 aliphatic carbocycles. The van der Waals surface area contributed by atoms with Crippen LogP contribution < -0.4 is 5.32 Å². The van der Waals surface area contributed by atoms with Crippen LogP contribution in [-0.4, -0.2) is 38.0 Å². The highest BCUT2D eigenvalue weighted by Gasteiger charge is 2.09. The van der Waals surface area contributed by atoms with Crippen molar-refractivity contribution in [2.24, 2.45) is 0 Å². The van der Waals surface area contributed by atoms with Gasteiger partial charge >= 0.3 is 0 Å². The first-order valence-electron chi connectivity index (χ1n) is 5.41. The first-order valence-corrected chi connectivity index (χ1v) is 5.41. The van der Waals surface area contributed by atoms with Gasteiger partial charge in [0.2, 0.25) is 0 Å². The minimum atomic E-state index is -0.0369. The van der Waals surface area contributed by atoms with Gasteiger partial charge in [-0.05, 0) is 34.6 Å². The molecule has 0 aromatic carbocycles. The van der Waals surface area contributed by atoms with E-state index >= 15 is 0 Å². The maximum Gasteiger partial charge on any atom is 0.0616 e. The molecule has 0 aliphatic heterocycles. The average molecular weight is 203 g/mol. The van der Waals surface area contributed by atoms with Gasteiger partial charge in [0.15, 0.2) is 0 Å². The Bertz CT molecular complexity index is 132. The van der Waals surface area contributed by atoms with Crippen LogP contribution in [0.25, 0.3) is 0 Å². The number of ether oxygens (including phenoxy) is 2. The third-order valence-corrected chi connectivity index (χ3v) is 1.70. The van der Waals surface area contributed by atoms with Gasteiger partial charge in [-0.25, -0.2) is 0 Å². The highest BCUT2D eigenvalue weighted by molar-refractivity contribution is 4.62. The van der Waals surface area contributed by atoms with Crippen LogP contribution in [0.4, 0.5) is 0 Å². The topological polar surface area (TPSA) is 30.5 Å². The number of rotatable bonds is 7. The molecule has 0 aromatic rings. The Morgan fingerprint density at radius 2 is 1.93 bits per heavy atom. The van der Waals surface area contributed by atoms with Gasteiger partial charge in [0.05, 0.1) is 18.8 Å². The van der Waals surface area contributed by atoms with Crippen molar-refractivity contribution in [3.05, 3.63) is 0 Å². The van der Waals surface area contributed by atoms with Crippen molar-refractivity contribution in [2.45, 2.75) is 46.3 Å². The Morgan fingerprint density at radius 1 is 1.29 bits per heavy atom. The summed E-state index contributed by atoms with van der Waals surface area (Å²) in [4.78, 5) is 0. The van der Waals surface area contributed by atoms with Crippen molar-refractivity contribution < 1.29 is 9.47 Å². The van der Waals surface area contributed by atoms with Crippen LogP contribution in [-0.2, 0) is 9.47 Å². The molecule has 0 aliphatic rings. The van der Waals surface area contributed by atoms with Crippen LogP contribution in [0.3, 0.4) is 0 Å². The van der Waals surface area contributed by atoms with E-state index in [0.717, 1.165) is 26.4 Å². The number of hydrogen-bond acceptors (Lipinski definition) is 3. The maximum atomic E-state index is 5.58. The fourth-order valence-electron chi connectivity index (χ4n) is 1.02. The van der Waals surface area contributed by atoms with E-state index < -0.39 is 0 Å². The molecule has 0 spiro atoms. The molecule has 0 aromatic heterocycles. The Hall–Kier alpha value is -0.120. The van der Waals surface area contributed by atoms with Gasteiger partial charge in [0, 0.05) is 19.2 Å². The lowest BCUT2D eigenvalue weighted by molar-refractivity contribution is -0.00250. The van der Waals surface area contributed by atoms with Crippen molar-refractivity contribution in [2.75, 3.05) is 26.4 Å². The quantitative estimate of drug-likeness (QED) is 0.640. The lowest BCUT2D eigenvalue weighted by Gasteiger charge is -2.20. The SMILES string of the molecule is CCOCC(C)NCCOC(C)(C)C. The molecule has 0 fully saturated rings. The molecule has 1 N–H and O–H groups in total. The van der Waals surface area contributed by atoms with Crippen molar-refractivity contribution in [1.29, 1.82) is 0 Å². The van der Waals surface area contributed by atoms with E-state index in [1.165, 1.54) is 0 Å².